The minimum atomic E-state index is -0.402. The molecular formula is C14H19NO3. The van der Waals surface area contributed by atoms with E-state index in [9.17, 15) is 4.79 Å². The maximum absolute atomic E-state index is 11.1. The van der Waals surface area contributed by atoms with E-state index in [1.807, 2.05) is 19.9 Å². The molecule has 0 heterocycles. The van der Waals surface area contributed by atoms with Gasteiger partial charge in [0.05, 0.1) is 14.2 Å². The van der Waals surface area contributed by atoms with Crippen molar-refractivity contribution in [3.05, 3.63) is 28.8 Å². The van der Waals surface area contributed by atoms with E-state index < -0.39 is 5.97 Å². The molecule has 0 saturated heterocycles. The zero-order valence-corrected chi connectivity index (χ0v) is 11.2. The Morgan fingerprint density at radius 1 is 1.44 bits per heavy atom. The molecule has 4 nitrogen and oxygen atoms in total. The molecular weight excluding hydrogens is 230 g/mol. The summed E-state index contributed by atoms with van der Waals surface area (Å²) in [6.07, 6.45) is 3.79. The molecule has 1 aromatic rings. The van der Waals surface area contributed by atoms with Gasteiger partial charge < -0.3 is 15.2 Å². The zero-order chi connectivity index (χ0) is 13.7. The highest BCUT2D eigenvalue weighted by Gasteiger charge is 2.12. The number of methoxy groups -OCH3 is 2. The number of benzene rings is 1. The first-order valence-corrected chi connectivity index (χ1v) is 5.77. The van der Waals surface area contributed by atoms with E-state index in [4.69, 9.17) is 10.5 Å². The summed E-state index contributed by atoms with van der Waals surface area (Å²) in [6.45, 7) is 3.97. The predicted octanol–water partition coefficient (Wildman–Crippen LogP) is 2.33. The van der Waals surface area contributed by atoms with Crippen molar-refractivity contribution in [1.82, 2.24) is 0 Å². The summed E-state index contributed by atoms with van der Waals surface area (Å²) in [5.74, 6) is 0.408. The molecule has 0 radical (unpaired) electrons. The Labute approximate surface area is 107 Å². The molecule has 2 N–H and O–H groups in total. The first kappa shape index (κ1) is 14.1. The fraction of sp³-hybridized carbons (Fsp3) is 0.357. The maximum Gasteiger partial charge on any atom is 0.330 e. The van der Waals surface area contributed by atoms with Crippen LogP contribution in [0.3, 0.4) is 0 Å². The first-order valence-electron chi connectivity index (χ1n) is 5.77. The van der Waals surface area contributed by atoms with Gasteiger partial charge in [-0.25, -0.2) is 4.79 Å². The molecule has 0 aromatic heterocycles. The largest absolute Gasteiger partial charge is 0.496 e. The standard InChI is InChI=1S/C14H19NO3/c1-5-11-13(15)10(6-7-12(16)17-3)8-9(2)14(11)18-4/h6-8H,5,15H2,1-4H3. The minimum absolute atomic E-state index is 0.402. The van der Waals surface area contributed by atoms with E-state index >= 15 is 0 Å². The first-order chi connectivity index (χ1) is 8.54. The van der Waals surface area contributed by atoms with Crippen LogP contribution in [0.1, 0.15) is 23.6 Å². The summed E-state index contributed by atoms with van der Waals surface area (Å²) in [5.41, 5.74) is 9.48. The number of hydrogen-bond acceptors (Lipinski definition) is 4. The third-order valence-electron chi connectivity index (χ3n) is 2.80. The van der Waals surface area contributed by atoms with Gasteiger partial charge >= 0.3 is 5.97 Å². The van der Waals surface area contributed by atoms with Crippen LogP contribution in [0.15, 0.2) is 12.1 Å². The number of anilines is 1. The molecule has 0 aliphatic carbocycles. The molecule has 1 aromatic carbocycles. The third-order valence-corrected chi connectivity index (χ3v) is 2.80. The lowest BCUT2D eigenvalue weighted by Gasteiger charge is -2.15. The number of rotatable bonds is 4. The molecule has 0 unspecified atom stereocenters. The van der Waals surface area contributed by atoms with Gasteiger partial charge in [0.25, 0.3) is 0 Å². The van der Waals surface area contributed by atoms with Crippen LogP contribution in [-0.4, -0.2) is 20.2 Å². The molecule has 0 bridgehead atoms. The molecule has 0 atom stereocenters. The molecule has 0 saturated carbocycles. The number of carbonyl (C=O) groups excluding carboxylic acids is 1. The third kappa shape index (κ3) is 2.83. The second-order valence-electron chi connectivity index (χ2n) is 3.92. The lowest BCUT2D eigenvalue weighted by molar-refractivity contribution is -0.134. The lowest BCUT2D eigenvalue weighted by Crippen LogP contribution is -2.02. The van der Waals surface area contributed by atoms with Crippen molar-refractivity contribution in [3.8, 4) is 5.75 Å². The number of aryl methyl sites for hydroxylation is 1. The molecule has 0 spiro atoms. The molecule has 0 amide bonds. The summed E-state index contributed by atoms with van der Waals surface area (Å²) in [6, 6.07) is 1.90. The summed E-state index contributed by atoms with van der Waals surface area (Å²) in [7, 11) is 2.97. The molecule has 0 fully saturated rings. The Morgan fingerprint density at radius 3 is 2.61 bits per heavy atom. The highest BCUT2D eigenvalue weighted by atomic mass is 16.5. The predicted molar refractivity (Wildman–Crippen MR) is 72.6 cm³/mol. The Bertz CT molecular complexity index is 478. The summed E-state index contributed by atoms with van der Waals surface area (Å²) in [4.78, 5) is 11.1. The molecule has 0 aliphatic rings. The molecule has 1 rings (SSSR count). The monoisotopic (exact) mass is 249 g/mol. The summed E-state index contributed by atoms with van der Waals surface area (Å²) < 4.78 is 9.91. The van der Waals surface area contributed by atoms with E-state index in [0.717, 1.165) is 28.9 Å². The Balaban J connectivity index is 3.27. The summed E-state index contributed by atoms with van der Waals surface area (Å²) >= 11 is 0. The minimum Gasteiger partial charge on any atom is -0.496 e. The van der Waals surface area contributed by atoms with Crippen LogP contribution in [0.25, 0.3) is 6.08 Å². The van der Waals surface area contributed by atoms with E-state index in [2.05, 4.69) is 4.74 Å². The van der Waals surface area contributed by atoms with Gasteiger partial charge in [0.2, 0.25) is 0 Å². The van der Waals surface area contributed by atoms with Gasteiger partial charge in [0, 0.05) is 17.3 Å². The Hall–Kier alpha value is -1.97. The van der Waals surface area contributed by atoms with Gasteiger partial charge in [-0.15, -0.1) is 0 Å². The van der Waals surface area contributed by atoms with Crippen LogP contribution >= 0.6 is 0 Å². The van der Waals surface area contributed by atoms with Gasteiger partial charge in [0.1, 0.15) is 5.75 Å². The molecule has 98 valence electrons. The van der Waals surface area contributed by atoms with Crippen LogP contribution in [0.5, 0.6) is 5.75 Å². The Kier molecular flexibility index (Phi) is 4.77. The number of esters is 1. The number of hydrogen-bond donors (Lipinski definition) is 1. The highest BCUT2D eigenvalue weighted by molar-refractivity contribution is 5.88. The quantitative estimate of drug-likeness (QED) is 0.505. The van der Waals surface area contributed by atoms with Crippen molar-refractivity contribution in [2.24, 2.45) is 0 Å². The second-order valence-corrected chi connectivity index (χ2v) is 3.92. The second kappa shape index (κ2) is 6.10. The average molecular weight is 249 g/mol. The van der Waals surface area contributed by atoms with Crippen LogP contribution in [0.4, 0.5) is 5.69 Å². The normalized spacial score (nSPS) is 10.7. The van der Waals surface area contributed by atoms with Crippen molar-refractivity contribution in [2.45, 2.75) is 20.3 Å². The maximum atomic E-state index is 11.1. The number of nitrogens with two attached hydrogens (primary N) is 1. The van der Waals surface area contributed by atoms with Crippen molar-refractivity contribution in [1.29, 1.82) is 0 Å². The van der Waals surface area contributed by atoms with Crippen LogP contribution in [0.2, 0.25) is 0 Å². The Morgan fingerprint density at radius 2 is 2.11 bits per heavy atom. The number of carbonyl (C=O) groups is 1. The van der Waals surface area contributed by atoms with E-state index in [-0.39, 0.29) is 0 Å². The van der Waals surface area contributed by atoms with Gasteiger partial charge in [-0.2, -0.15) is 0 Å². The highest BCUT2D eigenvalue weighted by Crippen LogP contribution is 2.32. The van der Waals surface area contributed by atoms with E-state index in [1.165, 1.54) is 13.2 Å². The van der Waals surface area contributed by atoms with Crippen LogP contribution in [0, 0.1) is 6.92 Å². The van der Waals surface area contributed by atoms with Gasteiger partial charge in [-0.1, -0.05) is 6.92 Å². The SMILES string of the molecule is CCc1c(N)c(C=CC(=O)OC)cc(C)c1OC. The van der Waals surface area contributed by atoms with Gasteiger partial charge in [-0.05, 0) is 36.6 Å². The van der Waals surface area contributed by atoms with E-state index in [1.54, 1.807) is 13.2 Å². The smallest absolute Gasteiger partial charge is 0.330 e. The van der Waals surface area contributed by atoms with Crippen molar-refractivity contribution < 1.29 is 14.3 Å². The summed E-state index contributed by atoms with van der Waals surface area (Å²) in [5, 5.41) is 0. The molecule has 18 heavy (non-hydrogen) atoms. The van der Waals surface area contributed by atoms with Gasteiger partial charge in [0.15, 0.2) is 0 Å². The fourth-order valence-corrected chi connectivity index (χ4v) is 1.91. The number of nitrogen functional groups attached to an aromatic ring is 1. The lowest BCUT2D eigenvalue weighted by atomic mass is 9.99. The van der Waals surface area contributed by atoms with Crippen molar-refractivity contribution >= 4 is 17.7 Å². The average Bonchev–Trinajstić information content (AvgIpc) is 2.38. The topological polar surface area (TPSA) is 61.6 Å². The van der Waals surface area contributed by atoms with Crippen molar-refractivity contribution in [2.75, 3.05) is 20.0 Å². The molecule has 0 aliphatic heterocycles. The van der Waals surface area contributed by atoms with E-state index in [0.29, 0.717) is 5.69 Å². The fourth-order valence-electron chi connectivity index (χ4n) is 1.91. The molecule has 4 heteroatoms. The number of ether oxygens (including phenoxy) is 2. The van der Waals surface area contributed by atoms with Crippen molar-refractivity contribution in [3.63, 3.8) is 0 Å². The zero-order valence-electron chi connectivity index (χ0n) is 11.2. The van der Waals surface area contributed by atoms with Gasteiger partial charge in [-0.3, -0.25) is 0 Å². The van der Waals surface area contributed by atoms with Crippen LogP contribution < -0.4 is 10.5 Å². The van der Waals surface area contributed by atoms with Crippen LogP contribution in [-0.2, 0) is 16.0 Å².